The van der Waals surface area contributed by atoms with Crippen molar-refractivity contribution in [3.05, 3.63) is 53.8 Å². The molecule has 130 valence electrons. The normalized spacial score (nSPS) is 13.2. The van der Waals surface area contributed by atoms with Crippen molar-refractivity contribution in [2.75, 3.05) is 5.73 Å². The van der Waals surface area contributed by atoms with Gasteiger partial charge in [0.15, 0.2) is 0 Å². The van der Waals surface area contributed by atoms with Gasteiger partial charge in [-0.15, -0.1) is 0 Å². The van der Waals surface area contributed by atoms with Crippen LogP contribution in [0.2, 0.25) is 0 Å². The molecule has 0 aliphatic heterocycles. The zero-order chi connectivity index (χ0) is 18.3. The first-order valence-electron chi connectivity index (χ1n) is 6.40. The Hall–Kier alpha value is -2.29. The van der Waals surface area contributed by atoms with Gasteiger partial charge in [0.05, 0.1) is 0 Å². The van der Waals surface area contributed by atoms with Crippen molar-refractivity contribution in [1.29, 1.82) is 0 Å². The van der Waals surface area contributed by atoms with Crippen LogP contribution in [0.3, 0.4) is 0 Å². The predicted molar refractivity (Wildman–Crippen MR) is 72.3 cm³/mol. The molecule has 0 aliphatic carbocycles. The van der Waals surface area contributed by atoms with E-state index < -0.39 is 29.3 Å². The molecule has 0 aliphatic rings. The minimum atomic E-state index is -6.08. The molecule has 0 bridgehead atoms. The van der Waals surface area contributed by atoms with Gasteiger partial charge in [0, 0.05) is 22.4 Å². The van der Waals surface area contributed by atoms with Crippen molar-refractivity contribution in [2.45, 2.75) is 18.0 Å². The van der Waals surface area contributed by atoms with E-state index in [2.05, 4.69) is 0 Å². The molecule has 9 heteroatoms. The van der Waals surface area contributed by atoms with E-state index in [1.165, 1.54) is 24.3 Å². The first-order valence-corrected chi connectivity index (χ1v) is 6.40. The summed E-state index contributed by atoms with van der Waals surface area (Å²) in [4.78, 5) is 0. The van der Waals surface area contributed by atoms with Gasteiger partial charge < -0.3 is 10.8 Å². The maximum absolute atomic E-state index is 14.1. The summed E-state index contributed by atoms with van der Waals surface area (Å²) >= 11 is 0. The van der Waals surface area contributed by atoms with Crippen LogP contribution in [0.4, 0.5) is 36.4 Å². The molecule has 0 saturated carbocycles. The number of halogens is 7. The molecule has 3 N–H and O–H groups in total. The zero-order valence-electron chi connectivity index (χ0n) is 11.7. The maximum Gasteiger partial charge on any atom is 0.430 e. The molecule has 24 heavy (non-hydrogen) atoms. The molecule has 0 atom stereocenters. The fourth-order valence-corrected chi connectivity index (χ4v) is 2.19. The first-order chi connectivity index (χ1) is 10.9. The van der Waals surface area contributed by atoms with Crippen LogP contribution < -0.4 is 5.73 Å². The van der Waals surface area contributed by atoms with Gasteiger partial charge in [0.1, 0.15) is 5.82 Å². The number of benzene rings is 2. The first kappa shape index (κ1) is 18.1. The summed E-state index contributed by atoms with van der Waals surface area (Å²) in [7, 11) is 0. The van der Waals surface area contributed by atoms with E-state index in [9.17, 15) is 35.8 Å². The highest BCUT2D eigenvalue weighted by Gasteiger charge is 2.71. The van der Waals surface area contributed by atoms with Gasteiger partial charge in [-0.3, -0.25) is 0 Å². The van der Waals surface area contributed by atoms with Crippen LogP contribution in [-0.4, -0.2) is 17.5 Å². The average molecular weight is 353 g/mol. The van der Waals surface area contributed by atoms with Gasteiger partial charge in [0.2, 0.25) is 0 Å². The summed E-state index contributed by atoms with van der Waals surface area (Å²) < 4.78 is 90.9. The molecule has 0 unspecified atom stereocenters. The third kappa shape index (κ3) is 2.79. The number of nitrogens with two attached hydrogens (primary N) is 1. The van der Waals surface area contributed by atoms with E-state index in [1.807, 2.05) is 0 Å². The second-order valence-corrected chi connectivity index (χ2v) is 4.99. The van der Waals surface area contributed by atoms with Crippen LogP contribution in [0.25, 0.3) is 11.1 Å². The van der Waals surface area contributed by atoms with Crippen molar-refractivity contribution in [3.8, 4) is 11.1 Å². The number of aliphatic hydroxyl groups is 1. The molecule has 2 rings (SSSR count). The number of para-hydroxylation sites is 1. The Balaban J connectivity index is 2.63. The SMILES string of the molecule is Nc1ccccc1-c1ccc(C(O)(C(F)(F)F)C(F)(F)F)cc1F. The molecule has 0 heterocycles. The molecular weight excluding hydrogens is 343 g/mol. The Bertz CT molecular complexity index is 738. The lowest BCUT2D eigenvalue weighted by molar-refractivity contribution is -0.376. The summed E-state index contributed by atoms with van der Waals surface area (Å²) in [6, 6.07) is 6.82. The van der Waals surface area contributed by atoms with Crippen LogP contribution in [0.1, 0.15) is 5.56 Å². The summed E-state index contributed by atoms with van der Waals surface area (Å²) in [5.41, 5.74) is -1.34. The third-order valence-corrected chi connectivity index (χ3v) is 3.46. The molecule has 0 fully saturated rings. The van der Waals surface area contributed by atoms with Gasteiger partial charge >= 0.3 is 12.4 Å². The van der Waals surface area contributed by atoms with E-state index in [0.29, 0.717) is 12.1 Å². The predicted octanol–water partition coefficient (Wildman–Crippen LogP) is 4.39. The molecule has 2 nitrogen and oxygen atoms in total. The molecule has 0 amide bonds. The highest BCUT2D eigenvalue weighted by molar-refractivity contribution is 5.76. The van der Waals surface area contributed by atoms with Crippen LogP contribution in [0.15, 0.2) is 42.5 Å². The Morgan fingerprint density at radius 1 is 0.792 bits per heavy atom. The summed E-state index contributed by atoms with van der Waals surface area (Å²) in [6.07, 6.45) is -12.2. The van der Waals surface area contributed by atoms with E-state index in [0.717, 1.165) is 0 Å². The fourth-order valence-electron chi connectivity index (χ4n) is 2.19. The third-order valence-electron chi connectivity index (χ3n) is 3.46. The molecule has 2 aromatic carbocycles. The smallest absolute Gasteiger partial charge is 0.398 e. The lowest BCUT2D eigenvalue weighted by Gasteiger charge is -2.32. The Labute approximate surface area is 131 Å². The minimum absolute atomic E-state index is 0.00273. The Morgan fingerprint density at radius 2 is 1.33 bits per heavy atom. The van der Waals surface area contributed by atoms with Crippen molar-refractivity contribution < 1.29 is 35.8 Å². The van der Waals surface area contributed by atoms with Gasteiger partial charge in [-0.05, 0) is 12.1 Å². The van der Waals surface area contributed by atoms with Crippen molar-refractivity contribution in [1.82, 2.24) is 0 Å². The van der Waals surface area contributed by atoms with Gasteiger partial charge in [-0.25, -0.2) is 4.39 Å². The van der Waals surface area contributed by atoms with E-state index in [1.54, 1.807) is 0 Å². The Kier molecular flexibility index (Phi) is 4.26. The number of hydrogen-bond donors (Lipinski definition) is 2. The summed E-state index contributed by atoms with van der Waals surface area (Å²) in [5.74, 6) is -1.38. The lowest BCUT2D eigenvalue weighted by Crippen LogP contribution is -2.53. The largest absolute Gasteiger partial charge is 0.430 e. The number of anilines is 1. The van der Waals surface area contributed by atoms with Crippen molar-refractivity contribution >= 4 is 5.69 Å². The van der Waals surface area contributed by atoms with Crippen LogP contribution in [-0.2, 0) is 5.60 Å². The second-order valence-electron chi connectivity index (χ2n) is 4.99. The molecule has 0 aromatic heterocycles. The molecular formula is C15H10F7NO. The monoisotopic (exact) mass is 353 g/mol. The average Bonchev–Trinajstić information content (AvgIpc) is 2.45. The number of hydrogen-bond acceptors (Lipinski definition) is 2. The zero-order valence-corrected chi connectivity index (χ0v) is 11.7. The quantitative estimate of drug-likeness (QED) is 0.621. The van der Waals surface area contributed by atoms with Crippen LogP contribution >= 0.6 is 0 Å². The Morgan fingerprint density at radius 3 is 1.79 bits per heavy atom. The van der Waals surface area contributed by atoms with Gasteiger partial charge in [0.25, 0.3) is 5.60 Å². The van der Waals surface area contributed by atoms with E-state index in [-0.39, 0.29) is 22.9 Å². The standard InChI is InChI=1S/C15H10F7NO/c16-11-7-8(13(24,14(17,18)19)15(20,21)22)5-6-9(11)10-3-1-2-4-12(10)23/h1-7,24H,23H2. The maximum atomic E-state index is 14.1. The van der Waals surface area contributed by atoms with Crippen molar-refractivity contribution in [2.24, 2.45) is 0 Å². The van der Waals surface area contributed by atoms with Gasteiger partial charge in [-0.1, -0.05) is 30.3 Å². The number of nitrogen functional groups attached to an aromatic ring is 1. The highest BCUT2D eigenvalue weighted by atomic mass is 19.4. The summed E-state index contributed by atoms with van der Waals surface area (Å²) in [6.45, 7) is 0. The van der Waals surface area contributed by atoms with Gasteiger partial charge in [-0.2, -0.15) is 26.3 Å². The summed E-state index contributed by atoms with van der Waals surface area (Å²) in [5, 5.41) is 9.25. The lowest BCUT2D eigenvalue weighted by atomic mass is 9.90. The molecule has 0 spiro atoms. The minimum Gasteiger partial charge on any atom is -0.398 e. The topological polar surface area (TPSA) is 46.2 Å². The molecule has 2 aromatic rings. The van der Waals surface area contributed by atoms with E-state index in [4.69, 9.17) is 5.73 Å². The van der Waals surface area contributed by atoms with Crippen LogP contribution in [0.5, 0.6) is 0 Å². The van der Waals surface area contributed by atoms with Crippen LogP contribution in [0, 0.1) is 5.82 Å². The second kappa shape index (κ2) is 5.66. The fraction of sp³-hybridized carbons (Fsp3) is 0.200. The van der Waals surface area contributed by atoms with E-state index >= 15 is 0 Å². The highest BCUT2D eigenvalue weighted by Crippen LogP contribution is 2.50. The number of alkyl halides is 6. The van der Waals surface area contributed by atoms with Crippen molar-refractivity contribution in [3.63, 3.8) is 0 Å². The number of rotatable bonds is 2. The molecule has 0 saturated heterocycles. The molecule has 0 radical (unpaired) electrons.